The molecule has 76 valence electrons. The van der Waals surface area contributed by atoms with Gasteiger partial charge in [-0.2, -0.15) is 0 Å². The van der Waals surface area contributed by atoms with Gasteiger partial charge >= 0.3 is 5.97 Å². The third-order valence-corrected chi connectivity index (χ3v) is 2.02. The SMILES string of the molecule is CC1CC(=O)N(C/C=C/C(=O)O)C1=O. The van der Waals surface area contributed by atoms with E-state index in [0.29, 0.717) is 0 Å². The van der Waals surface area contributed by atoms with Crippen molar-refractivity contribution in [2.75, 3.05) is 6.54 Å². The van der Waals surface area contributed by atoms with Crippen molar-refractivity contribution >= 4 is 17.8 Å². The lowest BCUT2D eigenvalue weighted by Crippen LogP contribution is -2.30. The van der Waals surface area contributed by atoms with Crippen molar-refractivity contribution in [3.63, 3.8) is 0 Å². The first-order valence-corrected chi connectivity index (χ1v) is 4.26. The molecule has 5 nitrogen and oxygen atoms in total. The molecule has 0 aliphatic carbocycles. The van der Waals surface area contributed by atoms with Crippen molar-refractivity contribution in [2.24, 2.45) is 5.92 Å². The Balaban J connectivity index is 2.57. The molecule has 5 heteroatoms. The van der Waals surface area contributed by atoms with E-state index < -0.39 is 5.97 Å². The first-order chi connectivity index (χ1) is 6.52. The molecule has 1 N–H and O–H groups in total. The zero-order valence-electron chi connectivity index (χ0n) is 7.77. The molecule has 1 unspecified atom stereocenters. The van der Waals surface area contributed by atoms with Gasteiger partial charge in [-0.05, 0) is 0 Å². The molecule has 0 aromatic heterocycles. The second-order valence-corrected chi connectivity index (χ2v) is 3.19. The molecule has 0 radical (unpaired) electrons. The topological polar surface area (TPSA) is 74.7 Å². The second-order valence-electron chi connectivity index (χ2n) is 3.19. The van der Waals surface area contributed by atoms with Crippen LogP contribution in [0.25, 0.3) is 0 Å². The molecule has 1 heterocycles. The van der Waals surface area contributed by atoms with Crippen molar-refractivity contribution < 1.29 is 19.5 Å². The molecule has 0 spiro atoms. The summed E-state index contributed by atoms with van der Waals surface area (Å²) in [7, 11) is 0. The summed E-state index contributed by atoms with van der Waals surface area (Å²) in [6.07, 6.45) is 2.43. The molecule has 1 rings (SSSR count). The number of carbonyl (C=O) groups excluding carboxylic acids is 2. The number of imide groups is 1. The van der Waals surface area contributed by atoms with Crippen LogP contribution < -0.4 is 0 Å². The molecule has 1 aliphatic rings. The summed E-state index contributed by atoms with van der Waals surface area (Å²) >= 11 is 0. The van der Waals surface area contributed by atoms with Gasteiger partial charge in [0.1, 0.15) is 0 Å². The van der Waals surface area contributed by atoms with E-state index in [-0.39, 0.29) is 30.7 Å². The smallest absolute Gasteiger partial charge is 0.328 e. The molecule has 14 heavy (non-hydrogen) atoms. The van der Waals surface area contributed by atoms with Gasteiger partial charge < -0.3 is 5.11 Å². The van der Waals surface area contributed by atoms with E-state index in [1.807, 2.05) is 0 Å². The highest BCUT2D eigenvalue weighted by molar-refractivity contribution is 6.03. The Morgan fingerprint density at radius 1 is 1.64 bits per heavy atom. The fraction of sp³-hybridized carbons (Fsp3) is 0.444. The number of amides is 2. The van der Waals surface area contributed by atoms with Crippen molar-refractivity contribution in [1.29, 1.82) is 0 Å². The summed E-state index contributed by atoms with van der Waals surface area (Å²) in [5.41, 5.74) is 0. The molecule has 1 fully saturated rings. The van der Waals surface area contributed by atoms with Crippen LogP contribution in [0, 0.1) is 5.92 Å². The van der Waals surface area contributed by atoms with Crippen LogP contribution in [0.1, 0.15) is 13.3 Å². The van der Waals surface area contributed by atoms with E-state index >= 15 is 0 Å². The zero-order valence-corrected chi connectivity index (χ0v) is 7.77. The van der Waals surface area contributed by atoms with Gasteiger partial charge in [-0.3, -0.25) is 14.5 Å². The van der Waals surface area contributed by atoms with Gasteiger partial charge in [0.25, 0.3) is 0 Å². The summed E-state index contributed by atoms with van der Waals surface area (Å²) in [5.74, 6) is -1.83. The molecule has 1 saturated heterocycles. The van der Waals surface area contributed by atoms with Gasteiger partial charge in [0.15, 0.2) is 0 Å². The maximum absolute atomic E-state index is 11.3. The lowest BCUT2D eigenvalue weighted by Gasteiger charge is -2.10. The van der Waals surface area contributed by atoms with Crippen molar-refractivity contribution in [3.05, 3.63) is 12.2 Å². The minimum Gasteiger partial charge on any atom is -0.478 e. The maximum atomic E-state index is 11.3. The van der Waals surface area contributed by atoms with Gasteiger partial charge in [0.05, 0.1) is 0 Å². The van der Waals surface area contributed by atoms with Crippen LogP contribution in [0.15, 0.2) is 12.2 Å². The Hall–Kier alpha value is -1.65. The molecular weight excluding hydrogens is 186 g/mol. The van der Waals surface area contributed by atoms with Gasteiger partial charge in [-0.15, -0.1) is 0 Å². The summed E-state index contributed by atoms with van der Waals surface area (Å²) in [6.45, 7) is 1.73. The average molecular weight is 197 g/mol. The third-order valence-electron chi connectivity index (χ3n) is 2.02. The predicted molar refractivity (Wildman–Crippen MR) is 47.3 cm³/mol. The number of hydrogen-bond donors (Lipinski definition) is 1. The first-order valence-electron chi connectivity index (χ1n) is 4.26. The number of carboxylic acids is 1. The minimum absolute atomic E-state index is 0.0499. The van der Waals surface area contributed by atoms with Gasteiger partial charge in [-0.25, -0.2) is 4.79 Å². The Morgan fingerprint density at radius 3 is 2.71 bits per heavy atom. The largest absolute Gasteiger partial charge is 0.478 e. The number of nitrogens with zero attached hydrogens (tertiary/aromatic N) is 1. The van der Waals surface area contributed by atoms with E-state index in [2.05, 4.69) is 0 Å². The van der Waals surface area contributed by atoms with E-state index in [1.165, 1.54) is 6.08 Å². The standard InChI is InChI=1S/C9H11NO4/c1-6-5-7(11)10(9(6)14)4-2-3-8(12)13/h2-3,6H,4-5H2,1H3,(H,12,13)/b3-2+. The number of carboxylic acid groups (broad SMARTS) is 1. The fourth-order valence-corrected chi connectivity index (χ4v) is 1.30. The quantitative estimate of drug-likeness (QED) is 0.511. The highest BCUT2D eigenvalue weighted by Crippen LogP contribution is 2.18. The monoisotopic (exact) mass is 197 g/mol. The molecule has 1 atom stereocenters. The maximum Gasteiger partial charge on any atom is 0.328 e. The molecule has 0 aromatic rings. The van der Waals surface area contributed by atoms with E-state index in [1.54, 1.807) is 6.92 Å². The number of carbonyl (C=O) groups is 3. The molecule has 0 aromatic carbocycles. The molecule has 1 aliphatic heterocycles. The summed E-state index contributed by atoms with van der Waals surface area (Å²) in [6, 6.07) is 0. The summed E-state index contributed by atoms with van der Waals surface area (Å²) in [5, 5.41) is 8.30. The Kier molecular flexibility index (Phi) is 3.01. The van der Waals surface area contributed by atoms with Gasteiger partial charge in [0, 0.05) is 25.0 Å². The average Bonchev–Trinajstić information content (AvgIpc) is 2.31. The van der Waals surface area contributed by atoms with E-state index in [4.69, 9.17) is 5.11 Å². The van der Waals surface area contributed by atoms with Crippen molar-refractivity contribution in [1.82, 2.24) is 4.90 Å². The van der Waals surface area contributed by atoms with Gasteiger partial charge in [-0.1, -0.05) is 13.0 Å². The number of likely N-dealkylation sites (tertiary alicyclic amines) is 1. The lowest BCUT2D eigenvalue weighted by atomic mass is 10.1. The van der Waals surface area contributed by atoms with Crippen LogP contribution in [-0.4, -0.2) is 34.3 Å². The number of hydrogen-bond acceptors (Lipinski definition) is 3. The predicted octanol–water partition coefficient (Wildman–Crippen LogP) is 0.0222. The highest BCUT2D eigenvalue weighted by atomic mass is 16.4. The first kappa shape index (κ1) is 10.4. The van der Waals surface area contributed by atoms with Gasteiger partial charge in [0.2, 0.25) is 11.8 Å². The van der Waals surface area contributed by atoms with Crippen LogP contribution in [0.3, 0.4) is 0 Å². The number of rotatable bonds is 3. The summed E-state index contributed by atoms with van der Waals surface area (Å²) in [4.78, 5) is 33.7. The van der Waals surface area contributed by atoms with Crippen LogP contribution in [0.5, 0.6) is 0 Å². The van der Waals surface area contributed by atoms with Crippen LogP contribution in [0.4, 0.5) is 0 Å². The second kappa shape index (κ2) is 4.04. The fourth-order valence-electron chi connectivity index (χ4n) is 1.30. The molecular formula is C9H11NO4. The Bertz CT molecular complexity index is 308. The summed E-state index contributed by atoms with van der Waals surface area (Å²) < 4.78 is 0. The highest BCUT2D eigenvalue weighted by Gasteiger charge is 2.34. The van der Waals surface area contributed by atoms with E-state index in [9.17, 15) is 14.4 Å². The van der Waals surface area contributed by atoms with Crippen molar-refractivity contribution in [3.8, 4) is 0 Å². The Morgan fingerprint density at radius 2 is 2.29 bits per heavy atom. The molecule has 0 saturated carbocycles. The lowest BCUT2D eigenvalue weighted by molar-refractivity contribution is -0.139. The number of aliphatic carboxylic acids is 1. The van der Waals surface area contributed by atoms with Crippen LogP contribution in [0.2, 0.25) is 0 Å². The molecule has 0 bridgehead atoms. The van der Waals surface area contributed by atoms with Crippen LogP contribution >= 0.6 is 0 Å². The minimum atomic E-state index is -1.09. The van der Waals surface area contributed by atoms with Crippen LogP contribution in [-0.2, 0) is 14.4 Å². The normalized spacial score (nSPS) is 22.4. The zero-order chi connectivity index (χ0) is 10.7. The van der Waals surface area contributed by atoms with E-state index in [0.717, 1.165) is 11.0 Å². The molecule has 2 amide bonds. The Labute approximate surface area is 81.0 Å². The third kappa shape index (κ3) is 2.18. The van der Waals surface area contributed by atoms with Crippen molar-refractivity contribution in [2.45, 2.75) is 13.3 Å².